The van der Waals surface area contributed by atoms with Crippen molar-refractivity contribution in [1.29, 1.82) is 0 Å². The largest absolute Gasteiger partial charge is 0.393 e. The van der Waals surface area contributed by atoms with Gasteiger partial charge in [-0.1, -0.05) is 0 Å². The van der Waals surface area contributed by atoms with E-state index in [2.05, 4.69) is 12.2 Å². The second-order valence-corrected chi connectivity index (χ2v) is 5.84. The standard InChI is InChI=1S/C16H25NO3/c1-9-10(2)12(4)14(13(5)11(9)3)15(19)17-7-16(6,20)8-18/h18,20H,7-8H2,1-6H3,(H,17,19). The van der Waals surface area contributed by atoms with Crippen molar-refractivity contribution in [2.45, 2.75) is 47.1 Å². The van der Waals surface area contributed by atoms with Crippen LogP contribution in [0, 0.1) is 34.6 Å². The van der Waals surface area contributed by atoms with Crippen LogP contribution in [0.25, 0.3) is 0 Å². The van der Waals surface area contributed by atoms with E-state index in [-0.39, 0.29) is 12.5 Å². The topological polar surface area (TPSA) is 69.6 Å². The summed E-state index contributed by atoms with van der Waals surface area (Å²) in [5.74, 6) is -0.208. The maximum Gasteiger partial charge on any atom is 0.251 e. The lowest BCUT2D eigenvalue weighted by molar-refractivity contribution is 0.00319. The van der Waals surface area contributed by atoms with E-state index < -0.39 is 12.2 Å². The molecule has 0 aliphatic carbocycles. The monoisotopic (exact) mass is 279 g/mol. The average Bonchev–Trinajstić information content (AvgIpc) is 2.41. The van der Waals surface area contributed by atoms with E-state index in [1.165, 1.54) is 12.5 Å². The molecule has 0 saturated heterocycles. The Bertz CT molecular complexity index is 504. The van der Waals surface area contributed by atoms with E-state index in [9.17, 15) is 9.90 Å². The maximum atomic E-state index is 12.4. The zero-order valence-electron chi connectivity index (χ0n) is 13.2. The highest BCUT2D eigenvalue weighted by molar-refractivity contribution is 5.98. The fourth-order valence-electron chi connectivity index (χ4n) is 2.26. The molecule has 112 valence electrons. The molecule has 0 aromatic heterocycles. The summed E-state index contributed by atoms with van der Waals surface area (Å²) in [6, 6.07) is 0. The molecule has 1 rings (SSSR count). The highest BCUT2D eigenvalue weighted by atomic mass is 16.3. The van der Waals surface area contributed by atoms with Gasteiger partial charge >= 0.3 is 0 Å². The van der Waals surface area contributed by atoms with Crippen molar-refractivity contribution in [3.05, 3.63) is 33.4 Å². The molecular formula is C16H25NO3. The first-order chi connectivity index (χ1) is 9.12. The molecule has 0 heterocycles. The van der Waals surface area contributed by atoms with Crippen LogP contribution in [0.15, 0.2) is 0 Å². The molecule has 1 aromatic carbocycles. The summed E-state index contributed by atoms with van der Waals surface area (Å²) < 4.78 is 0. The molecule has 0 aliphatic heterocycles. The predicted octanol–water partition coefficient (Wildman–Crippen LogP) is 1.70. The third-order valence-electron chi connectivity index (χ3n) is 4.20. The van der Waals surface area contributed by atoms with Crippen LogP contribution in [-0.4, -0.2) is 34.9 Å². The van der Waals surface area contributed by atoms with Gasteiger partial charge in [0.1, 0.15) is 5.60 Å². The molecule has 1 aromatic rings. The minimum Gasteiger partial charge on any atom is -0.393 e. The van der Waals surface area contributed by atoms with Gasteiger partial charge in [0.15, 0.2) is 0 Å². The van der Waals surface area contributed by atoms with Crippen LogP contribution < -0.4 is 5.32 Å². The number of carbonyl (C=O) groups is 1. The van der Waals surface area contributed by atoms with Crippen molar-refractivity contribution in [2.24, 2.45) is 0 Å². The van der Waals surface area contributed by atoms with Gasteiger partial charge < -0.3 is 15.5 Å². The molecule has 0 spiro atoms. The van der Waals surface area contributed by atoms with Crippen LogP contribution >= 0.6 is 0 Å². The lowest BCUT2D eigenvalue weighted by atomic mass is 9.89. The van der Waals surface area contributed by atoms with Gasteiger partial charge in [-0.15, -0.1) is 0 Å². The number of aliphatic hydroxyl groups excluding tert-OH is 1. The molecule has 20 heavy (non-hydrogen) atoms. The van der Waals surface area contributed by atoms with E-state index >= 15 is 0 Å². The van der Waals surface area contributed by atoms with Crippen molar-refractivity contribution in [2.75, 3.05) is 13.2 Å². The van der Waals surface area contributed by atoms with E-state index in [0.29, 0.717) is 5.56 Å². The SMILES string of the molecule is Cc1c(C)c(C)c(C(=O)NCC(C)(O)CO)c(C)c1C. The second-order valence-electron chi connectivity index (χ2n) is 5.84. The van der Waals surface area contributed by atoms with Crippen LogP contribution in [-0.2, 0) is 0 Å². The molecule has 0 fully saturated rings. The predicted molar refractivity (Wildman–Crippen MR) is 80.2 cm³/mol. The van der Waals surface area contributed by atoms with Crippen molar-refractivity contribution in [3.8, 4) is 0 Å². The van der Waals surface area contributed by atoms with Crippen molar-refractivity contribution in [1.82, 2.24) is 5.32 Å². The molecule has 0 aliphatic rings. The van der Waals surface area contributed by atoms with Crippen molar-refractivity contribution in [3.63, 3.8) is 0 Å². The number of rotatable bonds is 4. The number of hydrogen-bond acceptors (Lipinski definition) is 3. The summed E-state index contributed by atoms with van der Waals surface area (Å²) in [6.07, 6.45) is 0. The molecule has 0 bridgehead atoms. The molecule has 0 saturated carbocycles. The average molecular weight is 279 g/mol. The van der Waals surface area contributed by atoms with E-state index in [1.54, 1.807) is 0 Å². The third-order valence-corrected chi connectivity index (χ3v) is 4.20. The molecule has 3 N–H and O–H groups in total. The second kappa shape index (κ2) is 5.94. The van der Waals surface area contributed by atoms with E-state index in [4.69, 9.17) is 5.11 Å². The van der Waals surface area contributed by atoms with Crippen LogP contribution in [0.2, 0.25) is 0 Å². The van der Waals surface area contributed by atoms with Gasteiger partial charge in [0.05, 0.1) is 6.61 Å². The number of hydrogen-bond donors (Lipinski definition) is 3. The normalized spacial score (nSPS) is 14.0. The summed E-state index contributed by atoms with van der Waals surface area (Å²) in [5.41, 5.74) is 4.74. The number of benzene rings is 1. The molecule has 0 radical (unpaired) electrons. The number of aliphatic hydroxyl groups is 2. The van der Waals surface area contributed by atoms with Crippen LogP contribution in [0.5, 0.6) is 0 Å². The lowest BCUT2D eigenvalue weighted by Gasteiger charge is -2.22. The zero-order valence-corrected chi connectivity index (χ0v) is 13.2. The first-order valence-electron chi connectivity index (χ1n) is 6.80. The number of nitrogens with one attached hydrogen (secondary N) is 1. The summed E-state index contributed by atoms with van der Waals surface area (Å²) in [6.45, 7) is 11.1. The Morgan fingerprint density at radius 3 is 1.80 bits per heavy atom. The summed E-state index contributed by atoms with van der Waals surface area (Å²) in [4.78, 5) is 12.4. The Labute approximate surface area is 120 Å². The highest BCUT2D eigenvalue weighted by Gasteiger charge is 2.23. The Morgan fingerprint density at radius 1 is 1.00 bits per heavy atom. The van der Waals surface area contributed by atoms with Gasteiger partial charge in [-0.2, -0.15) is 0 Å². The van der Waals surface area contributed by atoms with Crippen LogP contribution in [0.4, 0.5) is 0 Å². The van der Waals surface area contributed by atoms with Crippen LogP contribution in [0.3, 0.4) is 0 Å². The fraction of sp³-hybridized carbons (Fsp3) is 0.562. The molecular weight excluding hydrogens is 254 g/mol. The highest BCUT2D eigenvalue weighted by Crippen LogP contribution is 2.25. The maximum absolute atomic E-state index is 12.4. The summed E-state index contributed by atoms with van der Waals surface area (Å²) in [5, 5.41) is 21.5. The Balaban J connectivity index is 3.12. The first kappa shape index (κ1) is 16.7. The Morgan fingerprint density at radius 2 is 1.40 bits per heavy atom. The number of amides is 1. The van der Waals surface area contributed by atoms with E-state index in [1.807, 2.05) is 27.7 Å². The molecule has 1 amide bonds. The number of carbonyl (C=O) groups excluding carboxylic acids is 1. The van der Waals surface area contributed by atoms with Gasteiger partial charge in [-0.05, 0) is 69.4 Å². The molecule has 1 unspecified atom stereocenters. The van der Waals surface area contributed by atoms with Crippen molar-refractivity contribution < 1.29 is 15.0 Å². The van der Waals surface area contributed by atoms with E-state index in [0.717, 1.165) is 22.3 Å². The molecule has 1 atom stereocenters. The van der Waals surface area contributed by atoms with Gasteiger partial charge in [0.25, 0.3) is 5.91 Å². The van der Waals surface area contributed by atoms with Gasteiger partial charge in [0.2, 0.25) is 0 Å². The lowest BCUT2D eigenvalue weighted by Crippen LogP contribution is -2.43. The quantitative estimate of drug-likeness (QED) is 0.785. The first-order valence-corrected chi connectivity index (χ1v) is 6.80. The van der Waals surface area contributed by atoms with Gasteiger partial charge in [-0.25, -0.2) is 0 Å². The minimum absolute atomic E-state index is 0.0210. The third kappa shape index (κ3) is 3.19. The molecule has 4 nitrogen and oxygen atoms in total. The zero-order chi connectivity index (χ0) is 15.7. The summed E-state index contributed by atoms with van der Waals surface area (Å²) in [7, 11) is 0. The Hall–Kier alpha value is -1.39. The minimum atomic E-state index is -1.30. The fourth-order valence-corrected chi connectivity index (χ4v) is 2.26. The molecule has 4 heteroatoms. The Kier molecular flexibility index (Phi) is 4.95. The summed E-state index contributed by atoms with van der Waals surface area (Å²) >= 11 is 0. The van der Waals surface area contributed by atoms with Gasteiger partial charge in [0, 0.05) is 12.1 Å². The smallest absolute Gasteiger partial charge is 0.251 e. The van der Waals surface area contributed by atoms with Crippen molar-refractivity contribution >= 4 is 5.91 Å². The van der Waals surface area contributed by atoms with Gasteiger partial charge in [-0.3, -0.25) is 4.79 Å². The van der Waals surface area contributed by atoms with Crippen LogP contribution in [0.1, 0.15) is 45.1 Å².